The molecular weight excluding hydrogens is 240 g/mol. The van der Waals surface area contributed by atoms with Gasteiger partial charge in [-0.15, -0.1) is 0 Å². The Labute approximate surface area is 112 Å². The number of hydrogen-bond donors (Lipinski definition) is 1. The summed E-state index contributed by atoms with van der Waals surface area (Å²) >= 11 is 0. The third-order valence-corrected chi connectivity index (χ3v) is 2.67. The summed E-state index contributed by atoms with van der Waals surface area (Å²) < 4.78 is 10.7. The van der Waals surface area contributed by atoms with Crippen LogP contribution < -0.4 is 15.2 Å². The molecule has 2 aromatic rings. The summed E-state index contributed by atoms with van der Waals surface area (Å²) in [6, 6.07) is 14.6. The quantitative estimate of drug-likeness (QED) is 0.852. The van der Waals surface area contributed by atoms with E-state index in [2.05, 4.69) is 6.07 Å². The molecular formula is C15H14N2O2. The van der Waals surface area contributed by atoms with E-state index in [-0.39, 0.29) is 0 Å². The summed E-state index contributed by atoms with van der Waals surface area (Å²) in [6.45, 7) is 0.367. The number of hydrogen-bond acceptors (Lipinski definition) is 4. The highest BCUT2D eigenvalue weighted by molar-refractivity contribution is 5.56. The number of nitriles is 1. The molecule has 0 radical (unpaired) electrons. The minimum absolute atomic E-state index is 0.367. The second-order valence-corrected chi connectivity index (χ2v) is 4.00. The van der Waals surface area contributed by atoms with Gasteiger partial charge in [0.25, 0.3) is 0 Å². The van der Waals surface area contributed by atoms with Crippen LogP contribution >= 0.6 is 0 Å². The average Bonchev–Trinajstić information content (AvgIpc) is 2.46. The van der Waals surface area contributed by atoms with Crippen LogP contribution in [0.5, 0.6) is 11.5 Å². The minimum Gasteiger partial charge on any atom is -0.497 e. The normalized spacial score (nSPS) is 9.68. The predicted molar refractivity (Wildman–Crippen MR) is 72.9 cm³/mol. The van der Waals surface area contributed by atoms with Gasteiger partial charge in [-0.3, -0.25) is 0 Å². The summed E-state index contributed by atoms with van der Waals surface area (Å²) in [5.74, 6) is 1.29. The Kier molecular flexibility index (Phi) is 3.89. The lowest BCUT2D eigenvalue weighted by atomic mass is 10.1. The van der Waals surface area contributed by atoms with Crippen LogP contribution in [-0.4, -0.2) is 7.11 Å². The molecule has 0 saturated heterocycles. The van der Waals surface area contributed by atoms with Gasteiger partial charge in [0, 0.05) is 6.07 Å². The van der Waals surface area contributed by atoms with Crippen LogP contribution in [0.3, 0.4) is 0 Å². The molecule has 19 heavy (non-hydrogen) atoms. The first-order valence-corrected chi connectivity index (χ1v) is 5.78. The molecule has 96 valence electrons. The van der Waals surface area contributed by atoms with Crippen LogP contribution in [-0.2, 0) is 6.61 Å². The Bertz CT molecular complexity index is 618. The number of rotatable bonds is 4. The van der Waals surface area contributed by atoms with Crippen molar-refractivity contribution in [2.24, 2.45) is 0 Å². The van der Waals surface area contributed by atoms with Gasteiger partial charge in [-0.1, -0.05) is 12.1 Å². The zero-order valence-corrected chi connectivity index (χ0v) is 10.6. The van der Waals surface area contributed by atoms with Crippen molar-refractivity contribution in [2.45, 2.75) is 6.61 Å². The summed E-state index contributed by atoms with van der Waals surface area (Å²) in [5, 5.41) is 8.82. The van der Waals surface area contributed by atoms with Crippen LogP contribution in [0.25, 0.3) is 0 Å². The molecule has 0 aliphatic carbocycles. The van der Waals surface area contributed by atoms with Gasteiger partial charge >= 0.3 is 0 Å². The predicted octanol–water partition coefficient (Wildman–Crippen LogP) is 2.73. The molecule has 0 unspecified atom stereocenters. The third-order valence-electron chi connectivity index (χ3n) is 2.67. The lowest BCUT2D eigenvalue weighted by molar-refractivity contribution is 0.307. The number of nitrogen functional groups attached to an aromatic ring is 1. The summed E-state index contributed by atoms with van der Waals surface area (Å²) in [7, 11) is 1.59. The molecule has 4 nitrogen and oxygen atoms in total. The summed E-state index contributed by atoms with van der Waals surface area (Å²) in [5.41, 5.74) is 7.92. The Morgan fingerprint density at radius 2 is 2.05 bits per heavy atom. The largest absolute Gasteiger partial charge is 0.497 e. The molecule has 0 fully saturated rings. The molecule has 2 rings (SSSR count). The second-order valence-electron chi connectivity index (χ2n) is 4.00. The van der Waals surface area contributed by atoms with Crippen LogP contribution in [0, 0.1) is 11.3 Å². The first kappa shape index (κ1) is 12.8. The molecule has 0 amide bonds. The zero-order chi connectivity index (χ0) is 13.7. The van der Waals surface area contributed by atoms with Gasteiger partial charge in [0.15, 0.2) is 0 Å². The first-order chi connectivity index (χ1) is 9.22. The van der Waals surface area contributed by atoms with Crippen molar-refractivity contribution in [3.63, 3.8) is 0 Å². The van der Waals surface area contributed by atoms with Gasteiger partial charge in [0.1, 0.15) is 18.1 Å². The molecule has 0 heterocycles. The average molecular weight is 254 g/mol. The van der Waals surface area contributed by atoms with Crippen LogP contribution in [0.4, 0.5) is 5.69 Å². The van der Waals surface area contributed by atoms with E-state index in [4.69, 9.17) is 20.5 Å². The number of methoxy groups -OCH3 is 1. The fraction of sp³-hybridized carbons (Fsp3) is 0.133. The monoisotopic (exact) mass is 254 g/mol. The van der Waals surface area contributed by atoms with E-state index in [1.54, 1.807) is 37.4 Å². The number of benzene rings is 2. The smallest absolute Gasteiger partial charge is 0.142 e. The van der Waals surface area contributed by atoms with Crippen LogP contribution in [0.15, 0.2) is 42.5 Å². The Hall–Kier alpha value is -2.67. The molecule has 0 atom stereocenters. The molecule has 2 aromatic carbocycles. The van der Waals surface area contributed by atoms with Crippen molar-refractivity contribution in [2.75, 3.05) is 12.8 Å². The molecule has 2 N–H and O–H groups in total. The van der Waals surface area contributed by atoms with Crippen molar-refractivity contribution in [3.8, 4) is 17.6 Å². The fourth-order valence-corrected chi connectivity index (χ4v) is 1.68. The molecule has 0 saturated carbocycles. The Balaban J connectivity index is 2.08. The lowest BCUT2D eigenvalue weighted by Crippen LogP contribution is -1.99. The van der Waals surface area contributed by atoms with Crippen molar-refractivity contribution in [1.82, 2.24) is 0 Å². The van der Waals surface area contributed by atoms with E-state index in [1.807, 2.05) is 12.1 Å². The second kappa shape index (κ2) is 5.78. The minimum atomic E-state index is 0.367. The molecule has 0 bridgehead atoms. The molecule has 0 aromatic heterocycles. The first-order valence-electron chi connectivity index (χ1n) is 5.78. The maximum absolute atomic E-state index is 8.82. The van der Waals surface area contributed by atoms with Gasteiger partial charge in [-0.05, 0) is 29.8 Å². The summed E-state index contributed by atoms with van der Waals surface area (Å²) in [6.07, 6.45) is 0. The van der Waals surface area contributed by atoms with E-state index in [9.17, 15) is 0 Å². The zero-order valence-electron chi connectivity index (χ0n) is 10.6. The number of anilines is 1. The van der Waals surface area contributed by atoms with Crippen molar-refractivity contribution < 1.29 is 9.47 Å². The van der Waals surface area contributed by atoms with Crippen LogP contribution in [0.2, 0.25) is 0 Å². The van der Waals surface area contributed by atoms with Crippen molar-refractivity contribution >= 4 is 5.69 Å². The number of ether oxygens (including phenoxy) is 2. The lowest BCUT2D eigenvalue weighted by Gasteiger charge is -2.10. The number of nitrogens with two attached hydrogens (primary N) is 1. The summed E-state index contributed by atoms with van der Waals surface area (Å²) in [4.78, 5) is 0. The Morgan fingerprint density at radius 1 is 1.21 bits per heavy atom. The van der Waals surface area contributed by atoms with Crippen LogP contribution in [0.1, 0.15) is 11.1 Å². The van der Waals surface area contributed by atoms with E-state index in [0.717, 1.165) is 5.56 Å². The highest BCUT2D eigenvalue weighted by Crippen LogP contribution is 2.26. The van der Waals surface area contributed by atoms with E-state index in [0.29, 0.717) is 29.4 Å². The molecule has 0 aliphatic rings. The highest BCUT2D eigenvalue weighted by Gasteiger charge is 2.03. The van der Waals surface area contributed by atoms with E-state index >= 15 is 0 Å². The molecule has 4 heteroatoms. The SMILES string of the molecule is COc1ccc(OCc2cccc(C#N)c2)c(N)c1. The third kappa shape index (κ3) is 3.17. The van der Waals surface area contributed by atoms with Gasteiger partial charge in [0.2, 0.25) is 0 Å². The topological polar surface area (TPSA) is 68.3 Å². The van der Waals surface area contributed by atoms with Gasteiger partial charge < -0.3 is 15.2 Å². The van der Waals surface area contributed by atoms with E-state index in [1.165, 1.54) is 0 Å². The number of nitrogens with zero attached hydrogens (tertiary/aromatic N) is 1. The highest BCUT2D eigenvalue weighted by atomic mass is 16.5. The van der Waals surface area contributed by atoms with Gasteiger partial charge in [0.05, 0.1) is 24.4 Å². The maximum atomic E-state index is 8.82. The van der Waals surface area contributed by atoms with Crippen molar-refractivity contribution in [3.05, 3.63) is 53.6 Å². The molecule has 0 aliphatic heterocycles. The van der Waals surface area contributed by atoms with E-state index < -0.39 is 0 Å². The van der Waals surface area contributed by atoms with Gasteiger partial charge in [-0.2, -0.15) is 5.26 Å². The standard InChI is InChI=1S/C15H14N2O2/c1-18-13-5-6-15(14(17)8-13)19-10-12-4-2-3-11(7-12)9-16/h2-8H,10,17H2,1H3. The molecule has 0 spiro atoms. The fourth-order valence-electron chi connectivity index (χ4n) is 1.68. The van der Waals surface area contributed by atoms with Crippen molar-refractivity contribution in [1.29, 1.82) is 5.26 Å². The van der Waals surface area contributed by atoms with Gasteiger partial charge in [-0.25, -0.2) is 0 Å². The maximum Gasteiger partial charge on any atom is 0.142 e. The Morgan fingerprint density at radius 3 is 2.74 bits per heavy atom.